The number of carbonyl (C=O) groups is 2. The first-order valence-corrected chi connectivity index (χ1v) is 10.7. The van der Waals surface area contributed by atoms with Gasteiger partial charge in [0.05, 0.1) is 0 Å². The summed E-state index contributed by atoms with van der Waals surface area (Å²) in [6, 6.07) is 17.6. The largest absolute Gasteiger partial charge is 0.352 e. The fraction of sp³-hybridized carbons (Fsp3) is 0.440. The van der Waals surface area contributed by atoms with Crippen molar-refractivity contribution in [3.05, 3.63) is 71.3 Å². The molecule has 2 amide bonds. The molecule has 2 aromatic carbocycles. The van der Waals surface area contributed by atoms with Crippen LogP contribution in [0.3, 0.4) is 0 Å². The van der Waals surface area contributed by atoms with Crippen molar-refractivity contribution in [3.8, 4) is 0 Å². The van der Waals surface area contributed by atoms with Crippen LogP contribution in [0.15, 0.2) is 54.6 Å². The van der Waals surface area contributed by atoms with Gasteiger partial charge in [-0.05, 0) is 67.3 Å². The molecule has 1 heterocycles. The van der Waals surface area contributed by atoms with Gasteiger partial charge in [-0.2, -0.15) is 0 Å². The minimum atomic E-state index is -0.0774. The van der Waals surface area contributed by atoms with Gasteiger partial charge < -0.3 is 10.2 Å². The van der Waals surface area contributed by atoms with Gasteiger partial charge in [0, 0.05) is 30.8 Å². The van der Waals surface area contributed by atoms with E-state index >= 15 is 0 Å². The van der Waals surface area contributed by atoms with E-state index in [1.54, 1.807) is 24.3 Å². The molecular formula is C25H32N2O2. The van der Waals surface area contributed by atoms with E-state index in [0.717, 1.165) is 38.8 Å². The molecule has 4 nitrogen and oxygen atoms in total. The smallest absolute Gasteiger partial charge is 0.253 e. The molecule has 0 saturated carbocycles. The van der Waals surface area contributed by atoms with Crippen LogP contribution in [0.25, 0.3) is 0 Å². The Kier molecular flexibility index (Phi) is 7.45. The summed E-state index contributed by atoms with van der Waals surface area (Å²) in [6.07, 6.45) is 4.12. The highest BCUT2D eigenvalue weighted by atomic mass is 16.2. The Morgan fingerprint density at radius 1 is 0.966 bits per heavy atom. The molecular weight excluding hydrogens is 360 g/mol. The predicted molar refractivity (Wildman–Crippen MR) is 117 cm³/mol. The Bertz CT molecular complexity index is 791. The van der Waals surface area contributed by atoms with Crippen LogP contribution in [0.5, 0.6) is 0 Å². The molecule has 29 heavy (non-hydrogen) atoms. The van der Waals surface area contributed by atoms with Crippen molar-refractivity contribution < 1.29 is 9.59 Å². The van der Waals surface area contributed by atoms with Gasteiger partial charge >= 0.3 is 0 Å². The Morgan fingerprint density at radius 3 is 2.21 bits per heavy atom. The van der Waals surface area contributed by atoms with Gasteiger partial charge in [0.2, 0.25) is 0 Å². The van der Waals surface area contributed by atoms with Crippen LogP contribution >= 0.6 is 0 Å². The molecule has 3 rings (SSSR count). The number of nitrogens with zero attached hydrogens (tertiary/aromatic N) is 1. The zero-order valence-electron chi connectivity index (χ0n) is 17.6. The van der Waals surface area contributed by atoms with E-state index in [2.05, 4.69) is 43.4 Å². The Hall–Kier alpha value is -2.62. The van der Waals surface area contributed by atoms with Crippen LogP contribution in [0.4, 0.5) is 0 Å². The van der Waals surface area contributed by atoms with E-state index in [4.69, 9.17) is 0 Å². The monoisotopic (exact) mass is 392 g/mol. The minimum Gasteiger partial charge on any atom is -0.352 e. The Balaban J connectivity index is 1.49. The molecule has 4 heteroatoms. The highest BCUT2D eigenvalue weighted by Crippen LogP contribution is 2.23. The molecule has 0 spiro atoms. The molecule has 1 saturated heterocycles. The number of carbonyl (C=O) groups excluding carboxylic acids is 2. The van der Waals surface area contributed by atoms with Gasteiger partial charge in [-0.1, -0.05) is 44.2 Å². The number of hydrogen-bond donors (Lipinski definition) is 1. The first-order valence-electron chi connectivity index (χ1n) is 10.7. The highest BCUT2D eigenvalue weighted by Gasteiger charge is 2.24. The van der Waals surface area contributed by atoms with Crippen molar-refractivity contribution >= 4 is 11.8 Å². The lowest BCUT2D eigenvalue weighted by molar-refractivity contribution is 0.0690. The second-order valence-electron chi connectivity index (χ2n) is 8.44. The molecule has 1 N–H and O–H groups in total. The van der Waals surface area contributed by atoms with Crippen LogP contribution in [0.1, 0.15) is 59.4 Å². The fourth-order valence-corrected chi connectivity index (χ4v) is 3.81. The van der Waals surface area contributed by atoms with E-state index in [1.807, 2.05) is 11.0 Å². The summed E-state index contributed by atoms with van der Waals surface area (Å²) in [5, 5.41) is 2.93. The van der Waals surface area contributed by atoms with Crippen molar-refractivity contribution in [2.45, 2.75) is 39.5 Å². The highest BCUT2D eigenvalue weighted by molar-refractivity contribution is 5.97. The number of rotatable bonds is 7. The number of benzene rings is 2. The summed E-state index contributed by atoms with van der Waals surface area (Å²) in [5.41, 5.74) is 2.64. The van der Waals surface area contributed by atoms with Crippen molar-refractivity contribution in [2.75, 3.05) is 19.6 Å². The van der Waals surface area contributed by atoms with Gasteiger partial charge in [0.15, 0.2) is 0 Å². The zero-order chi connectivity index (χ0) is 20.6. The number of likely N-dealkylation sites (tertiary alicyclic amines) is 1. The van der Waals surface area contributed by atoms with Gasteiger partial charge in [-0.3, -0.25) is 9.59 Å². The molecule has 1 aliphatic rings. The summed E-state index contributed by atoms with van der Waals surface area (Å²) >= 11 is 0. The third-order valence-corrected chi connectivity index (χ3v) is 5.67. The number of amides is 2. The second-order valence-corrected chi connectivity index (χ2v) is 8.44. The molecule has 0 unspecified atom stereocenters. The summed E-state index contributed by atoms with van der Waals surface area (Å²) in [6.45, 7) is 6.55. The average molecular weight is 393 g/mol. The fourth-order valence-electron chi connectivity index (χ4n) is 3.81. The van der Waals surface area contributed by atoms with Crippen molar-refractivity contribution in [1.29, 1.82) is 0 Å². The maximum Gasteiger partial charge on any atom is 0.253 e. The third-order valence-electron chi connectivity index (χ3n) is 5.67. The Morgan fingerprint density at radius 2 is 1.59 bits per heavy atom. The SMILES string of the molecule is CC(C)CCNC(=O)c1ccc(C(=O)N2CCC(Cc3ccccc3)CC2)cc1. The van der Waals surface area contributed by atoms with E-state index in [0.29, 0.717) is 29.5 Å². The molecule has 0 aromatic heterocycles. The normalized spacial score (nSPS) is 14.8. The lowest BCUT2D eigenvalue weighted by atomic mass is 9.90. The van der Waals surface area contributed by atoms with Gasteiger partial charge in [-0.25, -0.2) is 0 Å². The summed E-state index contributed by atoms with van der Waals surface area (Å²) in [5.74, 6) is 1.19. The van der Waals surface area contributed by atoms with Crippen molar-refractivity contribution in [2.24, 2.45) is 11.8 Å². The van der Waals surface area contributed by atoms with Gasteiger partial charge in [0.25, 0.3) is 11.8 Å². The number of piperidine rings is 1. The van der Waals surface area contributed by atoms with E-state index in [-0.39, 0.29) is 11.8 Å². The summed E-state index contributed by atoms with van der Waals surface area (Å²) in [7, 11) is 0. The summed E-state index contributed by atoms with van der Waals surface area (Å²) < 4.78 is 0. The van der Waals surface area contributed by atoms with E-state index < -0.39 is 0 Å². The van der Waals surface area contributed by atoms with E-state index in [9.17, 15) is 9.59 Å². The maximum absolute atomic E-state index is 12.8. The third kappa shape index (κ3) is 6.18. The molecule has 1 fully saturated rings. The molecule has 0 aliphatic carbocycles. The molecule has 0 radical (unpaired) electrons. The first kappa shape index (κ1) is 21.1. The first-order chi connectivity index (χ1) is 14.0. The minimum absolute atomic E-state index is 0.0647. The van der Waals surface area contributed by atoms with Crippen LogP contribution in [0.2, 0.25) is 0 Å². The van der Waals surface area contributed by atoms with Gasteiger partial charge in [0.1, 0.15) is 0 Å². The topological polar surface area (TPSA) is 49.4 Å². The van der Waals surface area contributed by atoms with Crippen LogP contribution in [-0.2, 0) is 6.42 Å². The quantitative estimate of drug-likeness (QED) is 0.751. The van der Waals surface area contributed by atoms with Crippen LogP contribution in [-0.4, -0.2) is 36.3 Å². The predicted octanol–water partition coefficient (Wildman–Crippen LogP) is 4.56. The second kappa shape index (κ2) is 10.2. The van der Waals surface area contributed by atoms with Crippen LogP contribution in [0, 0.1) is 11.8 Å². The van der Waals surface area contributed by atoms with Crippen molar-refractivity contribution in [3.63, 3.8) is 0 Å². The molecule has 154 valence electrons. The number of hydrogen-bond acceptors (Lipinski definition) is 2. The standard InChI is InChI=1S/C25H32N2O2/c1-19(2)12-15-26-24(28)22-8-10-23(11-9-22)25(29)27-16-13-21(14-17-27)18-20-6-4-3-5-7-20/h3-11,19,21H,12-18H2,1-2H3,(H,26,28). The molecule has 0 atom stereocenters. The number of nitrogens with one attached hydrogen (secondary N) is 1. The maximum atomic E-state index is 12.8. The van der Waals surface area contributed by atoms with Crippen LogP contribution < -0.4 is 5.32 Å². The summed E-state index contributed by atoms with van der Waals surface area (Å²) in [4.78, 5) is 27.0. The molecule has 0 bridgehead atoms. The Labute approximate surface area is 174 Å². The lowest BCUT2D eigenvalue weighted by Crippen LogP contribution is -2.38. The van der Waals surface area contributed by atoms with Crippen molar-refractivity contribution in [1.82, 2.24) is 10.2 Å². The van der Waals surface area contributed by atoms with Gasteiger partial charge in [-0.15, -0.1) is 0 Å². The lowest BCUT2D eigenvalue weighted by Gasteiger charge is -2.32. The molecule has 1 aliphatic heterocycles. The van der Waals surface area contributed by atoms with E-state index in [1.165, 1.54) is 5.56 Å². The average Bonchev–Trinajstić information content (AvgIpc) is 2.74. The molecule has 2 aromatic rings. The zero-order valence-corrected chi connectivity index (χ0v) is 17.6.